The van der Waals surface area contributed by atoms with Crippen molar-refractivity contribution in [2.75, 3.05) is 5.32 Å². The Hall–Kier alpha value is -2.63. The van der Waals surface area contributed by atoms with E-state index in [1.165, 1.54) is 0 Å². The monoisotopic (exact) mass is 518 g/mol. The average Bonchev–Trinajstić information content (AvgIpc) is 3.15. The van der Waals surface area contributed by atoms with E-state index < -0.39 is 35.8 Å². The average molecular weight is 519 g/mol. The van der Waals surface area contributed by atoms with Crippen LogP contribution in [0.1, 0.15) is 71.7 Å². The maximum absolute atomic E-state index is 13.1. The minimum atomic E-state index is -5.02. The molecule has 0 bridgehead atoms. The number of pyridine rings is 1. The molecule has 1 fully saturated rings. The van der Waals surface area contributed by atoms with Crippen LogP contribution >= 0.6 is 12.2 Å². The Balaban J connectivity index is 1.43. The van der Waals surface area contributed by atoms with Crippen LogP contribution in [0, 0.1) is 0 Å². The number of H-pyrrole nitrogens is 1. The van der Waals surface area contributed by atoms with Crippen LogP contribution in [0.3, 0.4) is 0 Å². The molecule has 190 valence electrons. The number of nitrogens with zero attached hydrogens (tertiary/aromatic N) is 1. The molecule has 2 aliphatic rings. The number of nitrogens with one attached hydrogen (secondary N) is 3. The number of hydrogen-bond acceptors (Lipinski definition) is 4. The van der Waals surface area contributed by atoms with E-state index in [-0.39, 0.29) is 11.6 Å². The van der Waals surface area contributed by atoms with Crippen LogP contribution in [0.25, 0.3) is 0 Å². The summed E-state index contributed by atoms with van der Waals surface area (Å²) in [7, 11) is 0. The Morgan fingerprint density at radius 3 is 2.23 bits per heavy atom. The van der Waals surface area contributed by atoms with Crippen LogP contribution in [-0.4, -0.2) is 32.8 Å². The van der Waals surface area contributed by atoms with Crippen LogP contribution in [0.5, 0.6) is 0 Å². The number of hydrogen-bond donors (Lipinski definition) is 3. The van der Waals surface area contributed by atoms with Crippen molar-refractivity contribution in [2.45, 2.75) is 75.8 Å². The Morgan fingerprint density at radius 1 is 0.943 bits per heavy atom. The summed E-state index contributed by atoms with van der Waals surface area (Å²) in [6.07, 6.45) is -4.45. The van der Waals surface area contributed by atoms with Gasteiger partial charge in [-0.05, 0) is 75.1 Å². The lowest BCUT2D eigenvalue weighted by atomic mass is 9.98. The Labute approximate surface area is 203 Å². The van der Waals surface area contributed by atoms with Crippen molar-refractivity contribution in [3.8, 4) is 0 Å². The van der Waals surface area contributed by atoms with E-state index in [1.54, 1.807) is 0 Å². The smallest absolute Gasteiger partial charge is 0.382 e. The van der Waals surface area contributed by atoms with Gasteiger partial charge in [0.15, 0.2) is 0 Å². The Kier molecular flexibility index (Phi) is 7.12. The number of anilines is 1. The van der Waals surface area contributed by atoms with Gasteiger partial charge in [0.25, 0.3) is 5.91 Å². The maximum atomic E-state index is 13.1. The minimum absolute atomic E-state index is 0.281. The van der Waals surface area contributed by atoms with Crippen molar-refractivity contribution in [1.82, 2.24) is 15.3 Å². The number of aromatic nitrogens is 2. The molecular weight excluding hydrogens is 494 g/mol. The normalized spacial score (nSPS) is 21.3. The lowest BCUT2D eigenvalue weighted by Crippen LogP contribution is -2.39. The maximum Gasteiger partial charge on any atom is 0.433 e. The van der Waals surface area contributed by atoms with Gasteiger partial charge in [0.1, 0.15) is 17.1 Å². The second-order valence-electron chi connectivity index (χ2n) is 8.97. The number of rotatable bonds is 4. The molecule has 1 amide bonds. The van der Waals surface area contributed by atoms with E-state index in [0.29, 0.717) is 48.4 Å². The van der Waals surface area contributed by atoms with Gasteiger partial charge in [-0.3, -0.25) is 4.79 Å². The first-order chi connectivity index (χ1) is 16.4. The van der Waals surface area contributed by atoms with Gasteiger partial charge in [0, 0.05) is 22.3 Å². The molecule has 2 atom stereocenters. The lowest BCUT2D eigenvalue weighted by Gasteiger charge is -2.20. The summed E-state index contributed by atoms with van der Waals surface area (Å²) in [6.45, 7) is 0. The molecule has 2 aromatic rings. The molecule has 0 spiro atoms. The second kappa shape index (κ2) is 9.79. The van der Waals surface area contributed by atoms with Crippen molar-refractivity contribution in [2.24, 2.45) is 0 Å². The summed E-state index contributed by atoms with van der Waals surface area (Å²) < 4.78 is 78.6. The molecule has 0 saturated heterocycles. The largest absolute Gasteiger partial charge is 0.433 e. The summed E-state index contributed by atoms with van der Waals surface area (Å²) in [6, 6.07) is 2.17. The molecule has 12 heteroatoms. The number of amides is 1. The summed E-state index contributed by atoms with van der Waals surface area (Å²) in [5.41, 5.74) is -0.855. The summed E-state index contributed by atoms with van der Waals surface area (Å²) >= 11 is 5.47. The van der Waals surface area contributed by atoms with Gasteiger partial charge < -0.3 is 15.6 Å². The fraction of sp³-hybridized carbons (Fsp3) is 0.522. The second-order valence-corrected chi connectivity index (χ2v) is 9.49. The highest BCUT2D eigenvalue weighted by Gasteiger charge is 2.39. The first-order valence-electron chi connectivity index (χ1n) is 11.4. The third kappa shape index (κ3) is 6.14. The number of aromatic amines is 1. The van der Waals surface area contributed by atoms with E-state index in [4.69, 9.17) is 12.2 Å². The molecule has 0 aromatic carbocycles. The zero-order valence-corrected chi connectivity index (χ0v) is 19.4. The third-order valence-electron chi connectivity index (χ3n) is 6.37. The first-order valence-corrected chi connectivity index (χ1v) is 11.8. The number of carbonyl (C=O) groups excluding carboxylic acids is 1. The van der Waals surface area contributed by atoms with Gasteiger partial charge in [-0.2, -0.15) is 26.3 Å². The molecule has 0 aliphatic heterocycles. The molecule has 35 heavy (non-hydrogen) atoms. The van der Waals surface area contributed by atoms with Crippen LogP contribution in [0.2, 0.25) is 0 Å². The number of alkyl halides is 6. The van der Waals surface area contributed by atoms with Gasteiger partial charge in [0.2, 0.25) is 0 Å². The number of thiocarbonyl (C=S) groups is 1. The summed E-state index contributed by atoms with van der Waals surface area (Å²) in [5, 5.41) is 5.72. The van der Waals surface area contributed by atoms with E-state index >= 15 is 0 Å². The quantitative estimate of drug-likeness (QED) is 0.270. The topological polar surface area (TPSA) is 69.8 Å². The van der Waals surface area contributed by atoms with Crippen LogP contribution in [-0.2, 0) is 25.2 Å². The summed E-state index contributed by atoms with van der Waals surface area (Å²) in [4.78, 5) is 19.3. The van der Waals surface area contributed by atoms with Crippen molar-refractivity contribution in [3.63, 3.8) is 0 Å². The molecule has 0 radical (unpaired) electrons. The van der Waals surface area contributed by atoms with Crippen molar-refractivity contribution in [3.05, 3.63) is 46.5 Å². The summed E-state index contributed by atoms with van der Waals surface area (Å²) in [5.74, 6) is -0.281. The minimum Gasteiger partial charge on any atom is -0.382 e. The number of carbonyl (C=O) groups is 1. The van der Waals surface area contributed by atoms with Gasteiger partial charge >= 0.3 is 12.4 Å². The molecule has 2 aromatic heterocycles. The van der Waals surface area contributed by atoms with Gasteiger partial charge in [0.05, 0.1) is 6.04 Å². The molecular formula is C23H24F6N4OS. The van der Waals surface area contributed by atoms with Gasteiger partial charge in [-0.1, -0.05) is 12.2 Å². The highest BCUT2D eigenvalue weighted by Crippen LogP contribution is 2.35. The van der Waals surface area contributed by atoms with E-state index in [1.807, 2.05) is 6.07 Å². The number of halogens is 6. The van der Waals surface area contributed by atoms with Crippen molar-refractivity contribution >= 4 is 28.7 Å². The molecule has 0 unspecified atom stereocenters. The van der Waals surface area contributed by atoms with E-state index in [2.05, 4.69) is 20.6 Å². The van der Waals surface area contributed by atoms with Crippen molar-refractivity contribution in [1.29, 1.82) is 0 Å². The van der Waals surface area contributed by atoms with E-state index in [9.17, 15) is 31.1 Å². The van der Waals surface area contributed by atoms with Crippen molar-refractivity contribution < 1.29 is 31.1 Å². The zero-order chi connectivity index (χ0) is 25.4. The highest BCUT2D eigenvalue weighted by molar-refractivity contribution is 7.80. The van der Waals surface area contributed by atoms with Gasteiger partial charge in [-0.25, -0.2) is 4.98 Å². The highest BCUT2D eigenvalue weighted by atomic mass is 32.1. The first kappa shape index (κ1) is 25.5. The fourth-order valence-electron chi connectivity index (χ4n) is 4.56. The predicted octanol–water partition coefficient (Wildman–Crippen LogP) is 5.85. The van der Waals surface area contributed by atoms with E-state index in [0.717, 1.165) is 36.9 Å². The molecule has 3 N–H and O–H groups in total. The molecule has 2 aliphatic carbocycles. The number of aryl methyl sites for hydroxylation is 2. The molecule has 1 saturated carbocycles. The Morgan fingerprint density at radius 2 is 1.60 bits per heavy atom. The fourth-order valence-corrected chi connectivity index (χ4v) is 4.86. The number of fused-ring (bicyclic) bond motifs is 1. The van der Waals surface area contributed by atoms with Crippen LogP contribution in [0.15, 0.2) is 18.2 Å². The van der Waals surface area contributed by atoms with Gasteiger partial charge in [-0.15, -0.1) is 0 Å². The molecule has 2 heterocycles. The standard InChI is InChI=1S/C23H24F6N4OS/c24-22(25,26)19-10-14(11-20(33-19)23(27,28)29)30-13-5-7-16(18(35)8-6-13)32-21(34)17-9-12-3-1-2-4-15(12)31-17/h9-11,13,16,31H,1-8H2,(H,30,33)(H,32,34)/t13-,16+/m1/s1. The third-order valence-corrected chi connectivity index (χ3v) is 6.86. The molecule has 5 nitrogen and oxygen atoms in total. The predicted molar refractivity (Wildman–Crippen MR) is 121 cm³/mol. The van der Waals surface area contributed by atoms with Crippen LogP contribution < -0.4 is 10.6 Å². The molecule has 4 rings (SSSR count). The van der Waals surface area contributed by atoms with Crippen LogP contribution in [0.4, 0.5) is 32.0 Å². The Bertz CT molecular complexity index is 1050. The SMILES string of the molecule is O=C(N[C@H]1CC[C@@H](Nc2cc(C(F)(F)F)nc(C(F)(F)F)c2)CCC1=S)c1cc2c([nH]1)CCCC2. The zero-order valence-electron chi connectivity index (χ0n) is 18.6. The lowest BCUT2D eigenvalue weighted by molar-refractivity contribution is -0.150.